The molecular formula is C22H27NO. The molecule has 1 aliphatic carbocycles. The summed E-state index contributed by atoms with van der Waals surface area (Å²) in [5.74, 6) is 1.07. The molecule has 1 unspecified atom stereocenters. The van der Waals surface area contributed by atoms with E-state index in [9.17, 15) is 4.79 Å². The maximum atomic E-state index is 11.8. The molecular weight excluding hydrogens is 294 g/mol. The summed E-state index contributed by atoms with van der Waals surface area (Å²) in [5, 5.41) is 3.11. The Bertz CT molecular complexity index is 681. The molecule has 2 aromatic rings. The third-order valence-corrected chi connectivity index (χ3v) is 4.74. The monoisotopic (exact) mass is 321 g/mol. The van der Waals surface area contributed by atoms with Crippen molar-refractivity contribution < 1.29 is 4.79 Å². The number of nitrogens with one attached hydrogen (secondary N) is 1. The van der Waals surface area contributed by atoms with Gasteiger partial charge in [0.2, 0.25) is 5.91 Å². The molecule has 1 atom stereocenters. The summed E-state index contributed by atoms with van der Waals surface area (Å²) in [7, 11) is 0. The Balaban J connectivity index is 1.61. The van der Waals surface area contributed by atoms with Crippen LogP contribution < -0.4 is 5.32 Å². The van der Waals surface area contributed by atoms with E-state index in [1.165, 1.54) is 22.3 Å². The highest BCUT2D eigenvalue weighted by Gasteiger charge is 2.30. The zero-order valence-corrected chi connectivity index (χ0v) is 14.9. The van der Waals surface area contributed by atoms with Crippen molar-refractivity contribution in [3.63, 3.8) is 0 Å². The van der Waals surface area contributed by atoms with Crippen LogP contribution in [0.1, 0.15) is 50.7 Å². The lowest BCUT2D eigenvalue weighted by Gasteiger charge is -2.14. The Morgan fingerprint density at radius 3 is 2.00 bits per heavy atom. The fourth-order valence-electron chi connectivity index (χ4n) is 3.00. The average Bonchev–Trinajstić information content (AvgIpc) is 3.40. The van der Waals surface area contributed by atoms with Gasteiger partial charge in [0.1, 0.15) is 0 Å². The second-order valence-electron chi connectivity index (χ2n) is 7.36. The number of carbonyl (C=O) groups excluding carboxylic acids is 1. The fraction of sp³-hybridized carbons (Fsp3) is 0.409. The van der Waals surface area contributed by atoms with Gasteiger partial charge in [-0.2, -0.15) is 0 Å². The molecule has 1 N–H and O–H groups in total. The summed E-state index contributed by atoms with van der Waals surface area (Å²) in [6.07, 6.45) is 3.00. The Kier molecular flexibility index (Phi) is 5.03. The van der Waals surface area contributed by atoms with Gasteiger partial charge in [-0.05, 0) is 54.4 Å². The summed E-state index contributed by atoms with van der Waals surface area (Å²) in [6.45, 7) is 6.51. The summed E-state index contributed by atoms with van der Waals surface area (Å²) in [5.41, 5.74) is 5.13. The Labute approximate surface area is 145 Å². The van der Waals surface area contributed by atoms with Crippen LogP contribution in [-0.2, 0) is 11.2 Å². The predicted molar refractivity (Wildman–Crippen MR) is 100.0 cm³/mol. The van der Waals surface area contributed by atoms with Gasteiger partial charge in [0.05, 0.1) is 0 Å². The molecule has 2 aromatic carbocycles. The molecule has 1 aliphatic rings. The standard InChI is InChI=1S/C22H27NO/c1-15(2)18-8-10-20(11-9-18)19-6-4-17(5-7-19)14-16(3)23-22(24)21-12-13-21/h4-11,15-16,21H,12-14H2,1-3H3,(H,23,24). The van der Waals surface area contributed by atoms with Crippen LogP contribution in [0.3, 0.4) is 0 Å². The Morgan fingerprint density at radius 1 is 0.958 bits per heavy atom. The summed E-state index contributed by atoms with van der Waals surface area (Å²) in [4.78, 5) is 11.8. The van der Waals surface area contributed by atoms with Crippen molar-refractivity contribution >= 4 is 5.91 Å². The number of amides is 1. The highest BCUT2D eigenvalue weighted by molar-refractivity contribution is 5.81. The minimum Gasteiger partial charge on any atom is -0.353 e. The van der Waals surface area contributed by atoms with Crippen LogP contribution in [0.25, 0.3) is 11.1 Å². The molecule has 0 aromatic heterocycles. The molecule has 24 heavy (non-hydrogen) atoms. The predicted octanol–water partition coefficient (Wildman–Crippen LogP) is 4.93. The molecule has 126 valence electrons. The van der Waals surface area contributed by atoms with E-state index in [0.29, 0.717) is 5.92 Å². The minimum atomic E-state index is 0.189. The van der Waals surface area contributed by atoms with Crippen LogP contribution in [0, 0.1) is 5.92 Å². The van der Waals surface area contributed by atoms with E-state index < -0.39 is 0 Å². The number of rotatable bonds is 6. The van der Waals surface area contributed by atoms with Crippen molar-refractivity contribution in [3.05, 3.63) is 59.7 Å². The summed E-state index contributed by atoms with van der Waals surface area (Å²) >= 11 is 0. The SMILES string of the molecule is CC(Cc1ccc(-c2ccc(C(C)C)cc2)cc1)NC(=O)C1CC1. The van der Waals surface area contributed by atoms with Crippen molar-refractivity contribution in [3.8, 4) is 11.1 Å². The molecule has 0 radical (unpaired) electrons. The molecule has 1 saturated carbocycles. The van der Waals surface area contributed by atoms with Gasteiger partial charge in [0, 0.05) is 12.0 Å². The van der Waals surface area contributed by atoms with Crippen LogP contribution in [0.15, 0.2) is 48.5 Å². The van der Waals surface area contributed by atoms with E-state index in [0.717, 1.165) is 19.3 Å². The zero-order valence-electron chi connectivity index (χ0n) is 14.9. The van der Waals surface area contributed by atoms with Crippen LogP contribution >= 0.6 is 0 Å². The average molecular weight is 321 g/mol. The van der Waals surface area contributed by atoms with Gasteiger partial charge < -0.3 is 5.32 Å². The van der Waals surface area contributed by atoms with E-state index in [-0.39, 0.29) is 17.9 Å². The van der Waals surface area contributed by atoms with Gasteiger partial charge >= 0.3 is 0 Å². The topological polar surface area (TPSA) is 29.1 Å². The van der Waals surface area contributed by atoms with Crippen LogP contribution in [0.5, 0.6) is 0 Å². The van der Waals surface area contributed by atoms with E-state index in [1.54, 1.807) is 0 Å². The first-order valence-corrected chi connectivity index (χ1v) is 9.02. The van der Waals surface area contributed by atoms with Gasteiger partial charge in [-0.1, -0.05) is 62.4 Å². The summed E-state index contributed by atoms with van der Waals surface area (Å²) < 4.78 is 0. The van der Waals surface area contributed by atoms with Crippen molar-refractivity contribution in [2.45, 2.75) is 52.0 Å². The number of hydrogen-bond donors (Lipinski definition) is 1. The highest BCUT2D eigenvalue weighted by atomic mass is 16.2. The molecule has 0 spiro atoms. The molecule has 2 nitrogen and oxygen atoms in total. The number of carbonyl (C=O) groups is 1. The van der Waals surface area contributed by atoms with Crippen LogP contribution in [-0.4, -0.2) is 11.9 Å². The first-order valence-electron chi connectivity index (χ1n) is 9.02. The van der Waals surface area contributed by atoms with Gasteiger partial charge in [-0.25, -0.2) is 0 Å². The third kappa shape index (κ3) is 4.25. The second kappa shape index (κ2) is 7.21. The van der Waals surface area contributed by atoms with Crippen LogP contribution in [0.4, 0.5) is 0 Å². The van der Waals surface area contributed by atoms with Crippen molar-refractivity contribution in [2.75, 3.05) is 0 Å². The molecule has 0 bridgehead atoms. The van der Waals surface area contributed by atoms with E-state index in [1.807, 2.05) is 0 Å². The Hall–Kier alpha value is -2.09. The quantitative estimate of drug-likeness (QED) is 0.802. The molecule has 0 aliphatic heterocycles. The van der Waals surface area contributed by atoms with Crippen molar-refractivity contribution in [1.82, 2.24) is 5.32 Å². The molecule has 1 amide bonds. The molecule has 0 saturated heterocycles. The van der Waals surface area contributed by atoms with Crippen molar-refractivity contribution in [2.24, 2.45) is 5.92 Å². The highest BCUT2D eigenvalue weighted by Crippen LogP contribution is 2.29. The van der Waals surface area contributed by atoms with Gasteiger partial charge in [0.25, 0.3) is 0 Å². The van der Waals surface area contributed by atoms with Crippen LogP contribution in [0.2, 0.25) is 0 Å². The lowest BCUT2D eigenvalue weighted by Crippen LogP contribution is -2.35. The molecule has 3 rings (SSSR count). The molecule has 0 heterocycles. The van der Waals surface area contributed by atoms with Gasteiger partial charge in [0.15, 0.2) is 0 Å². The lowest BCUT2D eigenvalue weighted by molar-refractivity contribution is -0.122. The van der Waals surface area contributed by atoms with E-state index >= 15 is 0 Å². The maximum Gasteiger partial charge on any atom is 0.223 e. The first-order chi connectivity index (χ1) is 11.5. The summed E-state index contributed by atoms with van der Waals surface area (Å²) in [6, 6.07) is 17.7. The second-order valence-corrected chi connectivity index (χ2v) is 7.36. The normalized spacial score (nSPS) is 15.3. The smallest absolute Gasteiger partial charge is 0.223 e. The molecule has 2 heteroatoms. The Morgan fingerprint density at radius 2 is 1.50 bits per heavy atom. The zero-order chi connectivity index (χ0) is 17.1. The largest absolute Gasteiger partial charge is 0.353 e. The number of benzene rings is 2. The molecule has 1 fully saturated rings. The maximum absolute atomic E-state index is 11.8. The fourth-order valence-corrected chi connectivity index (χ4v) is 3.00. The first kappa shape index (κ1) is 16.8. The third-order valence-electron chi connectivity index (χ3n) is 4.74. The lowest BCUT2D eigenvalue weighted by atomic mass is 9.97. The van der Waals surface area contributed by atoms with Crippen molar-refractivity contribution in [1.29, 1.82) is 0 Å². The van der Waals surface area contributed by atoms with E-state index in [4.69, 9.17) is 0 Å². The minimum absolute atomic E-state index is 0.189. The van der Waals surface area contributed by atoms with E-state index in [2.05, 4.69) is 74.6 Å². The van der Waals surface area contributed by atoms with Gasteiger partial charge in [-0.15, -0.1) is 0 Å². The number of hydrogen-bond acceptors (Lipinski definition) is 1. The van der Waals surface area contributed by atoms with Gasteiger partial charge in [-0.3, -0.25) is 4.79 Å².